The van der Waals surface area contributed by atoms with Crippen LogP contribution in [-0.4, -0.2) is 18.9 Å². The number of rotatable bonds is 4. The van der Waals surface area contributed by atoms with Crippen LogP contribution in [0.4, 0.5) is 5.69 Å². The van der Waals surface area contributed by atoms with Crippen molar-refractivity contribution in [3.8, 4) is 5.75 Å². The van der Waals surface area contributed by atoms with E-state index >= 15 is 0 Å². The van der Waals surface area contributed by atoms with Crippen LogP contribution in [0.15, 0.2) is 29.3 Å². The van der Waals surface area contributed by atoms with Gasteiger partial charge in [-0.05, 0) is 36.5 Å². The maximum absolute atomic E-state index is 5.01. The molecule has 0 aliphatic heterocycles. The van der Waals surface area contributed by atoms with E-state index in [-0.39, 0.29) is 0 Å². The molecule has 0 radical (unpaired) electrons. The Morgan fingerprint density at radius 2 is 2.15 bits per heavy atom. The van der Waals surface area contributed by atoms with Gasteiger partial charge in [0.25, 0.3) is 0 Å². The molecule has 0 saturated heterocycles. The molecule has 0 atom stereocenters. The standard InChI is InChI=1S/C9H10N2OS/c1-12-9-4-2-8(3-5-9)11-6-10-7-13/h2-5,11H,6H2,1H3. The molecule has 0 fully saturated rings. The normalized spacial score (nSPS) is 8.69. The van der Waals surface area contributed by atoms with Gasteiger partial charge >= 0.3 is 0 Å². The lowest BCUT2D eigenvalue weighted by Crippen LogP contribution is -1.97. The van der Waals surface area contributed by atoms with E-state index in [9.17, 15) is 0 Å². The number of aliphatic imine (C=N–C) groups is 1. The zero-order valence-corrected chi connectivity index (χ0v) is 8.10. The summed E-state index contributed by atoms with van der Waals surface area (Å²) in [6.45, 7) is 0.454. The van der Waals surface area contributed by atoms with Crippen LogP contribution >= 0.6 is 12.2 Å². The van der Waals surface area contributed by atoms with E-state index in [0.29, 0.717) is 6.67 Å². The van der Waals surface area contributed by atoms with Gasteiger partial charge in [-0.2, -0.15) is 0 Å². The van der Waals surface area contributed by atoms with E-state index in [1.165, 1.54) is 0 Å². The number of nitrogens with zero attached hydrogens (tertiary/aromatic N) is 1. The number of nitrogens with one attached hydrogen (secondary N) is 1. The predicted molar refractivity (Wildman–Crippen MR) is 56.5 cm³/mol. The highest BCUT2D eigenvalue weighted by Crippen LogP contribution is 2.14. The number of ether oxygens (including phenoxy) is 1. The Kier molecular flexibility index (Phi) is 3.96. The quantitative estimate of drug-likeness (QED) is 0.589. The van der Waals surface area contributed by atoms with Crippen LogP contribution in [0.2, 0.25) is 0 Å². The molecule has 0 aromatic heterocycles. The van der Waals surface area contributed by atoms with E-state index in [1.807, 2.05) is 24.3 Å². The summed E-state index contributed by atoms with van der Waals surface area (Å²) in [6, 6.07) is 7.59. The first-order valence-corrected chi connectivity index (χ1v) is 4.19. The molecule has 1 N–H and O–H groups in total. The summed E-state index contributed by atoms with van der Waals surface area (Å²) < 4.78 is 5.01. The molecule has 0 aliphatic carbocycles. The Hall–Kier alpha value is -1.38. The molecule has 4 heteroatoms. The first-order valence-electron chi connectivity index (χ1n) is 3.78. The summed E-state index contributed by atoms with van der Waals surface area (Å²) in [5, 5.41) is 5.33. The largest absolute Gasteiger partial charge is 0.497 e. The molecule has 0 unspecified atom stereocenters. The fourth-order valence-corrected chi connectivity index (χ4v) is 0.937. The van der Waals surface area contributed by atoms with Crippen molar-refractivity contribution in [2.45, 2.75) is 0 Å². The summed E-state index contributed by atoms with van der Waals surface area (Å²) in [7, 11) is 1.64. The van der Waals surface area contributed by atoms with Crippen LogP contribution in [0.1, 0.15) is 0 Å². The third kappa shape index (κ3) is 3.23. The maximum atomic E-state index is 5.01. The third-order valence-corrected chi connectivity index (χ3v) is 1.65. The molecule has 1 aromatic carbocycles. The van der Waals surface area contributed by atoms with Crippen molar-refractivity contribution in [1.29, 1.82) is 0 Å². The monoisotopic (exact) mass is 194 g/mol. The van der Waals surface area contributed by atoms with E-state index in [0.717, 1.165) is 11.4 Å². The lowest BCUT2D eigenvalue weighted by Gasteiger charge is -2.03. The second-order valence-electron chi connectivity index (χ2n) is 2.31. The Bertz CT molecular complexity index is 304. The Morgan fingerprint density at radius 1 is 1.46 bits per heavy atom. The molecule has 0 aliphatic rings. The van der Waals surface area contributed by atoms with Crippen LogP contribution in [0.5, 0.6) is 5.75 Å². The highest BCUT2D eigenvalue weighted by molar-refractivity contribution is 7.78. The van der Waals surface area contributed by atoms with Crippen molar-refractivity contribution in [3.63, 3.8) is 0 Å². The molecule has 0 heterocycles. The third-order valence-electron chi connectivity index (χ3n) is 1.52. The minimum absolute atomic E-state index is 0.454. The molecule has 0 amide bonds. The number of hydrogen-bond donors (Lipinski definition) is 1. The van der Waals surface area contributed by atoms with Crippen LogP contribution in [0.3, 0.4) is 0 Å². The van der Waals surface area contributed by atoms with Gasteiger partial charge in [-0.25, -0.2) is 4.99 Å². The molecule has 1 rings (SSSR count). The average molecular weight is 194 g/mol. The fraction of sp³-hybridized carbons (Fsp3) is 0.222. The van der Waals surface area contributed by atoms with E-state index in [1.54, 1.807) is 7.11 Å². The van der Waals surface area contributed by atoms with Crippen molar-refractivity contribution in [2.75, 3.05) is 19.1 Å². The number of benzene rings is 1. The lowest BCUT2D eigenvalue weighted by atomic mass is 10.3. The maximum Gasteiger partial charge on any atom is 0.119 e. The van der Waals surface area contributed by atoms with Gasteiger partial charge in [-0.3, -0.25) is 0 Å². The fourth-order valence-electron chi connectivity index (χ4n) is 0.872. The number of methoxy groups -OCH3 is 1. The minimum atomic E-state index is 0.454. The Labute approximate surface area is 82.4 Å². The van der Waals surface area contributed by atoms with Gasteiger partial charge in [0.15, 0.2) is 0 Å². The Morgan fingerprint density at radius 3 is 2.69 bits per heavy atom. The first-order chi connectivity index (χ1) is 6.36. The number of thiocarbonyl (C=S) groups is 1. The first kappa shape index (κ1) is 9.71. The van der Waals surface area contributed by atoms with Crippen molar-refractivity contribution >= 4 is 23.1 Å². The molecule has 0 saturated carbocycles. The van der Waals surface area contributed by atoms with Gasteiger partial charge in [0, 0.05) is 5.69 Å². The molecule has 0 bridgehead atoms. The summed E-state index contributed by atoms with van der Waals surface area (Å²) in [4.78, 5) is 3.73. The van der Waals surface area contributed by atoms with Crippen LogP contribution in [-0.2, 0) is 0 Å². The van der Waals surface area contributed by atoms with Crippen LogP contribution in [0.25, 0.3) is 0 Å². The molecule has 0 spiro atoms. The van der Waals surface area contributed by atoms with Crippen molar-refractivity contribution in [1.82, 2.24) is 0 Å². The predicted octanol–water partition coefficient (Wildman–Crippen LogP) is 2.17. The van der Waals surface area contributed by atoms with Crippen LogP contribution < -0.4 is 10.1 Å². The molecule has 13 heavy (non-hydrogen) atoms. The summed E-state index contributed by atoms with van der Waals surface area (Å²) in [5.41, 5.74) is 0.981. The SMILES string of the molecule is COc1ccc(NCN=C=S)cc1. The van der Waals surface area contributed by atoms with E-state index in [4.69, 9.17) is 4.74 Å². The topological polar surface area (TPSA) is 33.6 Å². The van der Waals surface area contributed by atoms with Crippen molar-refractivity contribution < 1.29 is 4.74 Å². The molecular weight excluding hydrogens is 184 g/mol. The minimum Gasteiger partial charge on any atom is -0.497 e. The van der Waals surface area contributed by atoms with Gasteiger partial charge in [-0.1, -0.05) is 0 Å². The zero-order chi connectivity index (χ0) is 9.52. The second kappa shape index (κ2) is 5.30. The number of anilines is 1. The zero-order valence-electron chi connectivity index (χ0n) is 7.28. The van der Waals surface area contributed by atoms with Gasteiger partial charge in [0.05, 0.1) is 12.3 Å². The molecule has 1 aromatic rings. The highest BCUT2D eigenvalue weighted by atomic mass is 32.1. The Balaban J connectivity index is 2.53. The van der Waals surface area contributed by atoms with Crippen molar-refractivity contribution in [3.05, 3.63) is 24.3 Å². The van der Waals surface area contributed by atoms with Gasteiger partial charge in [0.2, 0.25) is 0 Å². The summed E-state index contributed by atoms with van der Waals surface area (Å²) >= 11 is 4.43. The summed E-state index contributed by atoms with van der Waals surface area (Å²) in [6.07, 6.45) is 0. The molecular formula is C9H10N2OS. The van der Waals surface area contributed by atoms with Gasteiger partial charge in [-0.15, -0.1) is 0 Å². The summed E-state index contributed by atoms with van der Waals surface area (Å²) in [5.74, 6) is 0.837. The van der Waals surface area contributed by atoms with E-state index in [2.05, 4.69) is 27.7 Å². The highest BCUT2D eigenvalue weighted by Gasteiger charge is 1.91. The van der Waals surface area contributed by atoms with Crippen molar-refractivity contribution in [2.24, 2.45) is 4.99 Å². The molecule has 68 valence electrons. The smallest absolute Gasteiger partial charge is 0.119 e. The number of hydrogen-bond acceptors (Lipinski definition) is 4. The molecule has 3 nitrogen and oxygen atoms in total. The average Bonchev–Trinajstić information content (AvgIpc) is 2.19. The number of isothiocyanates is 1. The van der Waals surface area contributed by atoms with E-state index < -0.39 is 0 Å². The lowest BCUT2D eigenvalue weighted by molar-refractivity contribution is 0.415. The van der Waals surface area contributed by atoms with Gasteiger partial charge < -0.3 is 10.1 Å². The second-order valence-corrected chi connectivity index (χ2v) is 2.50. The van der Waals surface area contributed by atoms with Gasteiger partial charge in [0.1, 0.15) is 12.4 Å². The van der Waals surface area contributed by atoms with Crippen LogP contribution in [0, 0.1) is 0 Å².